The van der Waals surface area contributed by atoms with E-state index in [1.54, 1.807) is 7.11 Å². The Bertz CT molecular complexity index is 283. The van der Waals surface area contributed by atoms with Gasteiger partial charge in [0.25, 0.3) is 0 Å². The van der Waals surface area contributed by atoms with Crippen LogP contribution in [0.3, 0.4) is 0 Å². The van der Waals surface area contributed by atoms with Crippen LogP contribution >= 0.6 is 0 Å². The Morgan fingerprint density at radius 2 is 2.16 bits per heavy atom. The first-order chi connectivity index (χ1) is 9.09. The number of rotatable bonds is 7. The molecule has 0 radical (unpaired) electrons. The molecular formula is C15H30N2O2. The topological polar surface area (TPSA) is 58.7 Å². The van der Waals surface area contributed by atoms with E-state index in [1.165, 1.54) is 19.3 Å². The highest BCUT2D eigenvalue weighted by Crippen LogP contribution is 2.38. The molecule has 4 heteroatoms. The van der Waals surface area contributed by atoms with Crippen molar-refractivity contribution in [1.82, 2.24) is 4.90 Å². The number of aliphatic hydroxyl groups is 1. The van der Waals surface area contributed by atoms with Gasteiger partial charge in [-0.1, -0.05) is 0 Å². The van der Waals surface area contributed by atoms with E-state index in [2.05, 4.69) is 11.8 Å². The van der Waals surface area contributed by atoms with E-state index < -0.39 is 0 Å². The van der Waals surface area contributed by atoms with Crippen LogP contribution in [0.25, 0.3) is 0 Å². The van der Waals surface area contributed by atoms with Crippen molar-refractivity contribution in [3.63, 3.8) is 0 Å². The van der Waals surface area contributed by atoms with Gasteiger partial charge in [-0.2, -0.15) is 0 Å². The summed E-state index contributed by atoms with van der Waals surface area (Å²) < 4.78 is 5.27. The molecule has 0 aromatic heterocycles. The highest BCUT2D eigenvalue weighted by Gasteiger charge is 2.39. The van der Waals surface area contributed by atoms with Crippen molar-refractivity contribution in [1.29, 1.82) is 0 Å². The molecule has 3 N–H and O–H groups in total. The molecule has 2 fully saturated rings. The molecule has 2 saturated carbocycles. The first kappa shape index (κ1) is 15.2. The summed E-state index contributed by atoms with van der Waals surface area (Å²) in [6, 6.07) is 1.14. The van der Waals surface area contributed by atoms with Crippen LogP contribution in [0.4, 0.5) is 0 Å². The third-order valence-electron chi connectivity index (χ3n) is 5.02. The molecule has 3 unspecified atom stereocenters. The highest BCUT2D eigenvalue weighted by atomic mass is 16.5. The van der Waals surface area contributed by atoms with Crippen molar-refractivity contribution in [2.45, 2.75) is 63.1 Å². The minimum atomic E-state index is -0.364. The van der Waals surface area contributed by atoms with E-state index in [0.717, 1.165) is 38.3 Å². The van der Waals surface area contributed by atoms with E-state index in [1.807, 2.05) is 0 Å². The Morgan fingerprint density at radius 1 is 1.42 bits per heavy atom. The molecule has 0 spiro atoms. The Morgan fingerprint density at radius 3 is 2.74 bits per heavy atom. The quantitative estimate of drug-likeness (QED) is 0.733. The molecule has 0 aromatic rings. The van der Waals surface area contributed by atoms with Crippen LogP contribution in [-0.4, -0.2) is 54.5 Å². The summed E-state index contributed by atoms with van der Waals surface area (Å²) in [6.07, 6.45) is 6.94. The average molecular weight is 270 g/mol. The van der Waals surface area contributed by atoms with Gasteiger partial charge in [0.1, 0.15) is 0 Å². The fraction of sp³-hybridized carbons (Fsp3) is 1.00. The third-order valence-corrected chi connectivity index (χ3v) is 5.02. The van der Waals surface area contributed by atoms with Gasteiger partial charge in [0.2, 0.25) is 0 Å². The van der Waals surface area contributed by atoms with Gasteiger partial charge in [-0.15, -0.1) is 0 Å². The number of aliphatic hydroxyl groups excluding tert-OH is 1. The number of hydrogen-bond acceptors (Lipinski definition) is 4. The maximum Gasteiger partial charge on any atom is 0.0611 e. The van der Waals surface area contributed by atoms with E-state index in [9.17, 15) is 5.11 Å². The molecule has 112 valence electrons. The molecule has 0 saturated heterocycles. The number of hydrogen-bond donors (Lipinski definition) is 2. The monoisotopic (exact) mass is 270 g/mol. The molecule has 0 aromatic carbocycles. The lowest BCUT2D eigenvalue weighted by Gasteiger charge is -2.44. The summed E-state index contributed by atoms with van der Waals surface area (Å²) in [5.41, 5.74) is 5.94. The predicted octanol–water partition coefficient (Wildman–Crippen LogP) is 1.37. The molecule has 2 rings (SSSR count). The molecule has 0 amide bonds. The average Bonchev–Trinajstić information content (AvgIpc) is 3.23. The molecule has 4 nitrogen and oxygen atoms in total. The molecule has 19 heavy (non-hydrogen) atoms. The van der Waals surface area contributed by atoms with Crippen LogP contribution in [-0.2, 0) is 4.74 Å². The second-order valence-electron chi connectivity index (χ2n) is 6.58. The second kappa shape index (κ2) is 6.53. The Labute approximate surface area is 117 Å². The maximum atomic E-state index is 9.52. The Kier molecular flexibility index (Phi) is 5.23. The lowest BCUT2D eigenvalue weighted by atomic mass is 9.79. The molecule has 3 atom stereocenters. The first-order valence-corrected chi connectivity index (χ1v) is 7.74. The van der Waals surface area contributed by atoms with Crippen molar-refractivity contribution < 1.29 is 9.84 Å². The number of ether oxygens (including phenoxy) is 1. The minimum Gasteiger partial charge on any atom is -0.394 e. The van der Waals surface area contributed by atoms with Crippen LogP contribution in [0, 0.1) is 5.92 Å². The van der Waals surface area contributed by atoms with Crippen LogP contribution in [0.1, 0.15) is 45.4 Å². The normalized spacial score (nSPS) is 33.6. The molecule has 0 bridgehead atoms. The van der Waals surface area contributed by atoms with Gasteiger partial charge in [0, 0.05) is 31.3 Å². The molecule has 0 heterocycles. The van der Waals surface area contributed by atoms with Gasteiger partial charge in [-0.3, -0.25) is 4.90 Å². The van der Waals surface area contributed by atoms with Gasteiger partial charge >= 0.3 is 0 Å². The SMILES string of the molecule is COCCN(C1CCCC(N)(CO)C1)C(C)C1CC1. The zero-order chi connectivity index (χ0) is 13.9. The van der Waals surface area contributed by atoms with Crippen molar-refractivity contribution in [2.75, 3.05) is 26.9 Å². The minimum absolute atomic E-state index is 0.111. The van der Waals surface area contributed by atoms with Gasteiger partial charge in [0.15, 0.2) is 0 Å². The Hall–Kier alpha value is -0.160. The summed E-state index contributed by atoms with van der Waals surface area (Å²) in [5.74, 6) is 0.861. The zero-order valence-corrected chi connectivity index (χ0v) is 12.5. The smallest absolute Gasteiger partial charge is 0.0611 e. The van der Waals surface area contributed by atoms with Gasteiger partial charge in [-0.25, -0.2) is 0 Å². The standard InChI is InChI=1S/C15H30N2O2/c1-12(13-5-6-13)17(8-9-19-2)14-4-3-7-15(16,10-14)11-18/h12-14,18H,3-11,16H2,1-2H3. The van der Waals surface area contributed by atoms with Gasteiger partial charge in [0.05, 0.1) is 13.2 Å². The summed E-state index contributed by atoms with van der Waals surface area (Å²) in [4.78, 5) is 2.59. The van der Waals surface area contributed by atoms with E-state index in [0.29, 0.717) is 12.1 Å². The van der Waals surface area contributed by atoms with Crippen molar-refractivity contribution in [2.24, 2.45) is 11.7 Å². The van der Waals surface area contributed by atoms with Crippen molar-refractivity contribution >= 4 is 0 Å². The second-order valence-corrected chi connectivity index (χ2v) is 6.58. The number of methoxy groups -OCH3 is 1. The number of nitrogens with zero attached hydrogens (tertiary/aromatic N) is 1. The summed E-state index contributed by atoms with van der Waals surface area (Å²) in [5, 5.41) is 9.52. The lowest BCUT2D eigenvalue weighted by molar-refractivity contribution is 0.0342. The van der Waals surface area contributed by atoms with Crippen LogP contribution in [0.5, 0.6) is 0 Å². The van der Waals surface area contributed by atoms with Crippen molar-refractivity contribution in [3.05, 3.63) is 0 Å². The van der Waals surface area contributed by atoms with Crippen LogP contribution in [0.15, 0.2) is 0 Å². The maximum absolute atomic E-state index is 9.52. The largest absolute Gasteiger partial charge is 0.394 e. The summed E-state index contributed by atoms with van der Waals surface area (Å²) in [6.45, 7) is 4.23. The van der Waals surface area contributed by atoms with E-state index in [4.69, 9.17) is 10.5 Å². The molecule has 2 aliphatic carbocycles. The predicted molar refractivity (Wildman–Crippen MR) is 77.0 cm³/mol. The third kappa shape index (κ3) is 3.91. The molecular weight excluding hydrogens is 240 g/mol. The fourth-order valence-electron chi connectivity index (χ4n) is 3.55. The summed E-state index contributed by atoms with van der Waals surface area (Å²) >= 11 is 0. The van der Waals surface area contributed by atoms with Crippen LogP contribution in [0.2, 0.25) is 0 Å². The highest BCUT2D eigenvalue weighted by molar-refractivity contribution is 4.96. The fourth-order valence-corrected chi connectivity index (χ4v) is 3.55. The van der Waals surface area contributed by atoms with Gasteiger partial charge in [-0.05, 0) is 51.4 Å². The zero-order valence-electron chi connectivity index (χ0n) is 12.5. The molecule has 0 aliphatic heterocycles. The first-order valence-electron chi connectivity index (χ1n) is 7.74. The molecule has 2 aliphatic rings. The van der Waals surface area contributed by atoms with Crippen LogP contribution < -0.4 is 5.73 Å². The van der Waals surface area contributed by atoms with E-state index in [-0.39, 0.29) is 12.1 Å². The van der Waals surface area contributed by atoms with Crippen molar-refractivity contribution in [3.8, 4) is 0 Å². The van der Waals surface area contributed by atoms with Gasteiger partial charge < -0.3 is 15.6 Å². The van der Waals surface area contributed by atoms with E-state index >= 15 is 0 Å². The lowest BCUT2D eigenvalue weighted by Crippen LogP contribution is -2.55. The summed E-state index contributed by atoms with van der Waals surface area (Å²) in [7, 11) is 1.77. The number of nitrogens with two attached hydrogens (primary N) is 1. The Balaban J connectivity index is 1.99.